The predicted molar refractivity (Wildman–Crippen MR) is 98.5 cm³/mol. The van der Waals surface area contributed by atoms with Crippen LogP contribution in [-0.2, 0) is 0 Å². The van der Waals surface area contributed by atoms with Crippen LogP contribution >= 0.6 is 0 Å². The first-order valence-electron chi connectivity index (χ1n) is 8.02. The predicted octanol–water partition coefficient (Wildman–Crippen LogP) is 3.04. The number of carbonyl (C=O) groups is 1. The van der Waals surface area contributed by atoms with Crippen molar-refractivity contribution in [3.05, 3.63) is 64.2 Å². The molecule has 0 spiro atoms. The molecule has 2 rings (SSSR count). The molecule has 1 unspecified atom stereocenters. The first-order valence-corrected chi connectivity index (χ1v) is 8.02. The summed E-state index contributed by atoms with van der Waals surface area (Å²) in [6.07, 6.45) is 0. The number of nitrogens with one attached hydrogen (secondary N) is 2. The van der Waals surface area contributed by atoms with E-state index in [4.69, 9.17) is 5.73 Å². The van der Waals surface area contributed by atoms with Crippen LogP contribution in [0.15, 0.2) is 48.5 Å². The molecule has 0 aliphatic heterocycles. The normalized spacial score (nSPS) is 11.8. The molecule has 0 radical (unpaired) electrons. The largest absolute Gasteiger partial charge is 0.393 e. The number of carbonyl (C=O) groups excluding carboxylic acids is 1. The van der Waals surface area contributed by atoms with Crippen LogP contribution < -0.4 is 16.4 Å². The van der Waals surface area contributed by atoms with E-state index in [2.05, 4.69) is 24.5 Å². The van der Waals surface area contributed by atoms with Crippen molar-refractivity contribution in [2.45, 2.75) is 19.9 Å². The average molecular weight is 342 g/mol. The lowest BCUT2D eigenvalue weighted by Gasteiger charge is -2.24. The summed E-state index contributed by atoms with van der Waals surface area (Å²) >= 11 is 0. The van der Waals surface area contributed by atoms with Gasteiger partial charge in [-0.05, 0) is 30.2 Å². The van der Waals surface area contributed by atoms with Crippen LogP contribution in [-0.4, -0.2) is 23.4 Å². The summed E-state index contributed by atoms with van der Waals surface area (Å²) in [7, 11) is 0. The van der Waals surface area contributed by atoms with Crippen LogP contribution in [0.1, 0.15) is 24.2 Å². The number of rotatable bonds is 7. The summed E-state index contributed by atoms with van der Waals surface area (Å²) in [5, 5.41) is 17.1. The SMILES string of the molecule is CC(C)C(CNC(=O)c1ccc(N)c([N+](=O)[O-])c1)Nc1ccccc1. The number of hydrogen-bond acceptors (Lipinski definition) is 5. The molecule has 7 heteroatoms. The molecular formula is C18H22N4O3. The third kappa shape index (κ3) is 4.94. The van der Waals surface area contributed by atoms with Gasteiger partial charge in [0.05, 0.1) is 4.92 Å². The van der Waals surface area contributed by atoms with Crippen molar-refractivity contribution in [3.8, 4) is 0 Å². The molecule has 132 valence electrons. The van der Waals surface area contributed by atoms with Gasteiger partial charge in [-0.15, -0.1) is 0 Å². The highest BCUT2D eigenvalue weighted by molar-refractivity contribution is 5.95. The third-order valence-electron chi connectivity index (χ3n) is 3.90. The minimum Gasteiger partial charge on any atom is -0.393 e. The monoisotopic (exact) mass is 342 g/mol. The Morgan fingerprint density at radius 1 is 1.20 bits per heavy atom. The molecule has 0 saturated heterocycles. The van der Waals surface area contributed by atoms with E-state index in [-0.39, 0.29) is 34.8 Å². The molecule has 0 saturated carbocycles. The van der Waals surface area contributed by atoms with Gasteiger partial charge in [0.1, 0.15) is 5.69 Å². The molecule has 0 bridgehead atoms. The molecule has 2 aromatic carbocycles. The Morgan fingerprint density at radius 2 is 1.88 bits per heavy atom. The molecule has 2 aromatic rings. The highest BCUT2D eigenvalue weighted by atomic mass is 16.6. The number of benzene rings is 2. The second-order valence-electron chi connectivity index (χ2n) is 6.10. The first kappa shape index (κ1) is 18.3. The minimum atomic E-state index is -0.597. The van der Waals surface area contributed by atoms with Crippen molar-refractivity contribution < 1.29 is 9.72 Å². The van der Waals surface area contributed by atoms with Gasteiger partial charge in [0, 0.05) is 29.9 Å². The summed E-state index contributed by atoms with van der Waals surface area (Å²) in [6.45, 7) is 4.51. The van der Waals surface area contributed by atoms with Gasteiger partial charge in [0.15, 0.2) is 0 Å². The zero-order valence-electron chi connectivity index (χ0n) is 14.2. The van der Waals surface area contributed by atoms with E-state index in [1.807, 2.05) is 30.3 Å². The summed E-state index contributed by atoms with van der Waals surface area (Å²) < 4.78 is 0. The van der Waals surface area contributed by atoms with Gasteiger partial charge >= 0.3 is 0 Å². The number of anilines is 2. The van der Waals surface area contributed by atoms with Gasteiger partial charge in [-0.1, -0.05) is 32.0 Å². The lowest BCUT2D eigenvalue weighted by atomic mass is 10.0. The van der Waals surface area contributed by atoms with Gasteiger partial charge in [0.2, 0.25) is 0 Å². The van der Waals surface area contributed by atoms with Gasteiger partial charge in [-0.25, -0.2) is 0 Å². The van der Waals surface area contributed by atoms with Gasteiger partial charge in [-0.3, -0.25) is 14.9 Å². The van der Waals surface area contributed by atoms with E-state index >= 15 is 0 Å². The fourth-order valence-corrected chi connectivity index (χ4v) is 2.35. The van der Waals surface area contributed by atoms with Gasteiger partial charge in [0.25, 0.3) is 11.6 Å². The molecule has 0 heterocycles. The maximum atomic E-state index is 12.3. The Labute approximate surface area is 146 Å². The van der Waals surface area contributed by atoms with Crippen molar-refractivity contribution >= 4 is 23.0 Å². The number of amides is 1. The van der Waals surface area contributed by atoms with Crippen molar-refractivity contribution in [1.82, 2.24) is 5.32 Å². The standard InChI is InChI=1S/C18H22N4O3/c1-12(2)16(21-14-6-4-3-5-7-14)11-20-18(23)13-8-9-15(19)17(10-13)22(24)25/h3-10,12,16,21H,11,19H2,1-2H3,(H,20,23). The van der Waals surface area contributed by atoms with Crippen LogP contribution in [0.4, 0.5) is 17.1 Å². The van der Waals surface area contributed by atoms with Crippen molar-refractivity contribution in [1.29, 1.82) is 0 Å². The number of nitro benzene ring substituents is 1. The number of nitrogen functional groups attached to an aromatic ring is 1. The zero-order chi connectivity index (χ0) is 18.4. The molecule has 7 nitrogen and oxygen atoms in total. The third-order valence-corrected chi connectivity index (χ3v) is 3.90. The quantitative estimate of drug-likeness (QED) is 0.407. The summed E-state index contributed by atoms with van der Waals surface area (Å²) in [4.78, 5) is 22.6. The number of hydrogen-bond donors (Lipinski definition) is 3. The summed E-state index contributed by atoms with van der Waals surface area (Å²) in [5.41, 5.74) is 6.50. The number of nitrogens with two attached hydrogens (primary N) is 1. The van der Waals surface area contributed by atoms with Crippen molar-refractivity contribution in [2.24, 2.45) is 5.92 Å². The Morgan fingerprint density at radius 3 is 2.48 bits per heavy atom. The van der Waals surface area contributed by atoms with E-state index in [1.54, 1.807) is 0 Å². The Kier molecular flexibility index (Phi) is 5.94. The fourth-order valence-electron chi connectivity index (χ4n) is 2.35. The maximum Gasteiger partial charge on any atom is 0.292 e. The van der Waals surface area contributed by atoms with Crippen LogP contribution in [0.3, 0.4) is 0 Å². The van der Waals surface area contributed by atoms with E-state index in [1.165, 1.54) is 18.2 Å². The Balaban J connectivity index is 2.04. The molecule has 25 heavy (non-hydrogen) atoms. The van der Waals surface area contributed by atoms with E-state index < -0.39 is 4.92 Å². The molecule has 0 aliphatic rings. The molecule has 0 fully saturated rings. The topological polar surface area (TPSA) is 110 Å². The number of nitro groups is 1. The number of nitrogens with zero attached hydrogens (tertiary/aromatic N) is 1. The highest BCUT2D eigenvalue weighted by Gasteiger charge is 2.18. The summed E-state index contributed by atoms with van der Waals surface area (Å²) in [5.74, 6) is -0.0927. The minimum absolute atomic E-state index is 0.0233. The van der Waals surface area contributed by atoms with Gasteiger partial charge < -0.3 is 16.4 Å². The molecule has 0 aliphatic carbocycles. The summed E-state index contributed by atoms with van der Waals surface area (Å²) in [6, 6.07) is 13.8. The molecule has 0 aromatic heterocycles. The first-order chi connectivity index (χ1) is 11.9. The maximum absolute atomic E-state index is 12.3. The molecule has 1 atom stereocenters. The van der Waals surface area contributed by atoms with E-state index in [0.29, 0.717) is 6.54 Å². The lowest BCUT2D eigenvalue weighted by molar-refractivity contribution is -0.383. The zero-order valence-corrected chi connectivity index (χ0v) is 14.2. The second-order valence-corrected chi connectivity index (χ2v) is 6.10. The molecule has 1 amide bonds. The fraction of sp³-hybridized carbons (Fsp3) is 0.278. The van der Waals surface area contributed by atoms with Crippen LogP contribution in [0.25, 0.3) is 0 Å². The lowest BCUT2D eigenvalue weighted by Crippen LogP contribution is -2.39. The van der Waals surface area contributed by atoms with Gasteiger partial charge in [-0.2, -0.15) is 0 Å². The Bertz CT molecular complexity index is 747. The smallest absolute Gasteiger partial charge is 0.292 e. The molecule has 4 N–H and O–H groups in total. The van der Waals surface area contributed by atoms with Crippen molar-refractivity contribution in [3.63, 3.8) is 0 Å². The second kappa shape index (κ2) is 8.14. The Hall–Kier alpha value is -3.09. The van der Waals surface area contributed by atoms with Crippen LogP contribution in [0.5, 0.6) is 0 Å². The van der Waals surface area contributed by atoms with E-state index in [0.717, 1.165) is 5.69 Å². The number of para-hydroxylation sites is 1. The average Bonchev–Trinajstić information content (AvgIpc) is 2.59. The highest BCUT2D eigenvalue weighted by Crippen LogP contribution is 2.22. The van der Waals surface area contributed by atoms with E-state index in [9.17, 15) is 14.9 Å². The molecular weight excluding hydrogens is 320 g/mol. The van der Waals surface area contributed by atoms with Crippen LogP contribution in [0.2, 0.25) is 0 Å². The van der Waals surface area contributed by atoms with Crippen molar-refractivity contribution in [2.75, 3.05) is 17.6 Å². The van der Waals surface area contributed by atoms with Crippen LogP contribution in [0, 0.1) is 16.0 Å².